The van der Waals surface area contributed by atoms with Crippen molar-refractivity contribution < 1.29 is 0 Å². The standard InChI is InChI=1S/C23H30N6O/c1-16-20-21(29(26-16)19-6-4-3-5-7-19)23(30)25-22(24-20)17-8-10-18(11-9-17)28-14-12-27(2)13-15-28/h8-11,19H,3-7,12-15H2,1-2H3,(H,24,25,30). The number of benzene rings is 1. The summed E-state index contributed by atoms with van der Waals surface area (Å²) in [5.74, 6) is 0.615. The topological polar surface area (TPSA) is 70.1 Å². The maximum atomic E-state index is 13.0. The quantitative estimate of drug-likeness (QED) is 0.722. The maximum Gasteiger partial charge on any atom is 0.277 e. The van der Waals surface area contributed by atoms with Crippen molar-refractivity contribution in [3.63, 3.8) is 0 Å². The van der Waals surface area contributed by atoms with Crippen molar-refractivity contribution in [2.24, 2.45) is 0 Å². The van der Waals surface area contributed by atoms with Gasteiger partial charge in [0, 0.05) is 37.4 Å². The van der Waals surface area contributed by atoms with Crippen molar-refractivity contribution in [1.29, 1.82) is 0 Å². The minimum absolute atomic E-state index is 0.0932. The molecule has 7 heteroatoms. The van der Waals surface area contributed by atoms with Crippen LogP contribution in [0, 0.1) is 6.92 Å². The van der Waals surface area contributed by atoms with Crippen LogP contribution in [0.5, 0.6) is 0 Å². The second-order valence-electron chi connectivity index (χ2n) is 8.77. The summed E-state index contributed by atoms with van der Waals surface area (Å²) in [5, 5.41) is 4.71. The molecule has 7 nitrogen and oxygen atoms in total. The lowest BCUT2D eigenvalue weighted by molar-refractivity contribution is 0.313. The van der Waals surface area contributed by atoms with Gasteiger partial charge in [0.2, 0.25) is 0 Å². The number of fused-ring (bicyclic) bond motifs is 1. The molecule has 1 aliphatic carbocycles. The van der Waals surface area contributed by atoms with Crippen molar-refractivity contribution in [3.8, 4) is 11.4 Å². The zero-order valence-corrected chi connectivity index (χ0v) is 17.9. The number of H-pyrrole nitrogens is 1. The Balaban J connectivity index is 1.46. The molecule has 2 aromatic heterocycles. The molecule has 30 heavy (non-hydrogen) atoms. The molecular formula is C23H30N6O. The van der Waals surface area contributed by atoms with Crippen molar-refractivity contribution >= 4 is 16.7 Å². The first-order valence-electron chi connectivity index (χ1n) is 11.1. The molecule has 1 saturated heterocycles. The first-order valence-corrected chi connectivity index (χ1v) is 11.1. The smallest absolute Gasteiger partial charge is 0.277 e. The van der Waals surface area contributed by atoms with Crippen LogP contribution in [0.15, 0.2) is 29.1 Å². The van der Waals surface area contributed by atoms with Crippen LogP contribution in [-0.4, -0.2) is 57.9 Å². The molecule has 1 aromatic carbocycles. The average Bonchev–Trinajstić information content (AvgIpc) is 3.12. The molecule has 2 aliphatic rings. The van der Waals surface area contributed by atoms with Gasteiger partial charge in [0.1, 0.15) is 11.3 Å². The molecule has 0 radical (unpaired) electrons. The lowest BCUT2D eigenvalue weighted by atomic mass is 9.95. The van der Waals surface area contributed by atoms with Crippen LogP contribution in [0.1, 0.15) is 43.8 Å². The Morgan fingerprint density at radius 2 is 1.70 bits per heavy atom. The normalized spacial score (nSPS) is 18.9. The van der Waals surface area contributed by atoms with E-state index in [1.54, 1.807) is 0 Å². The zero-order valence-electron chi connectivity index (χ0n) is 17.9. The second kappa shape index (κ2) is 7.87. The number of aryl methyl sites for hydroxylation is 1. The maximum absolute atomic E-state index is 13.0. The van der Waals surface area contributed by atoms with E-state index in [0.717, 1.165) is 55.8 Å². The summed E-state index contributed by atoms with van der Waals surface area (Å²) in [6, 6.07) is 8.68. The molecule has 3 aromatic rings. The van der Waals surface area contributed by atoms with Gasteiger partial charge in [0.05, 0.1) is 11.7 Å². The van der Waals surface area contributed by atoms with Crippen LogP contribution in [0.3, 0.4) is 0 Å². The Morgan fingerprint density at radius 1 is 1.00 bits per heavy atom. The largest absolute Gasteiger partial charge is 0.369 e. The Kier molecular flexibility index (Phi) is 5.06. The number of aromatic amines is 1. The van der Waals surface area contributed by atoms with Crippen LogP contribution >= 0.6 is 0 Å². The summed E-state index contributed by atoms with van der Waals surface area (Å²) in [7, 11) is 2.16. The van der Waals surface area contributed by atoms with Crippen molar-refractivity contribution in [2.75, 3.05) is 38.1 Å². The highest BCUT2D eigenvalue weighted by atomic mass is 16.1. The third-order valence-electron chi connectivity index (χ3n) is 6.65. The molecule has 0 atom stereocenters. The van der Waals surface area contributed by atoms with Crippen LogP contribution in [0.2, 0.25) is 0 Å². The molecule has 0 spiro atoms. The molecular weight excluding hydrogens is 376 g/mol. The molecule has 3 heterocycles. The van der Waals surface area contributed by atoms with E-state index in [9.17, 15) is 4.79 Å². The van der Waals surface area contributed by atoms with Gasteiger partial charge in [-0.1, -0.05) is 19.3 Å². The Morgan fingerprint density at radius 3 is 2.40 bits per heavy atom. The van der Waals surface area contributed by atoms with Gasteiger partial charge in [0.25, 0.3) is 5.56 Å². The van der Waals surface area contributed by atoms with E-state index < -0.39 is 0 Å². The number of nitrogens with one attached hydrogen (secondary N) is 1. The summed E-state index contributed by atoms with van der Waals surface area (Å²) in [4.78, 5) is 25.6. The Hall–Kier alpha value is -2.67. The number of hydrogen-bond donors (Lipinski definition) is 1. The number of hydrogen-bond acceptors (Lipinski definition) is 5. The fourth-order valence-corrected chi connectivity index (χ4v) is 4.81. The van der Waals surface area contributed by atoms with Crippen LogP contribution in [0.4, 0.5) is 5.69 Å². The highest BCUT2D eigenvalue weighted by molar-refractivity contribution is 5.79. The highest BCUT2D eigenvalue weighted by Crippen LogP contribution is 2.30. The van der Waals surface area contributed by atoms with Gasteiger partial charge in [-0.25, -0.2) is 4.98 Å². The van der Waals surface area contributed by atoms with Crippen molar-refractivity contribution in [3.05, 3.63) is 40.3 Å². The number of rotatable bonds is 3. The molecule has 1 saturated carbocycles. The first-order chi connectivity index (χ1) is 14.6. The van der Waals surface area contributed by atoms with Gasteiger partial charge in [-0.2, -0.15) is 5.10 Å². The SMILES string of the molecule is Cc1nn(C2CCCCC2)c2c(=O)[nH]c(-c3ccc(N4CCN(C)CC4)cc3)nc12. The van der Waals surface area contributed by atoms with Gasteiger partial charge < -0.3 is 14.8 Å². The lowest BCUT2D eigenvalue weighted by Gasteiger charge is -2.34. The lowest BCUT2D eigenvalue weighted by Crippen LogP contribution is -2.44. The van der Waals surface area contributed by atoms with Crippen molar-refractivity contribution in [1.82, 2.24) is 24.6 Å². The first kappa shape index (κ1) is 19.3. The molecule has 1 N–H and O–H groups in total. The van der Waals surface area contributed by atoms with E-state index in [4.69, 9.17) is 10.1 Å². The van der Waals surface area contributed by atoms with E-state index >= 15 is 0 Å². The minimum atomic E-state index is -0.0932. The second-order valence-corrected chi connectivity index (χ2v) is 8.77. The molecule has 1 aliphatic heterocycles. The van der Waals surface area contributed by atoms with E-state index in [0.29, 0.717) is 17.4 Å². The van der Waals surface area contributed by atoms with Crippen molar-refractivity contribution in [2.45, 2.75) is 45.1 Å². The Bertz CT molecular complexity index is 1090. The fourth-order valence-electron chi connectivity index (χ4n) is 4.81. The molecule has 158 valence electrons. The van der Waals surface area contributed by atoms with Gasteiger partial charge in [-0.05, 0) is 51.1 Å². The summed E-state index contributed by atoms with van der Waals surface area (Å²) in [5.41, 5.74) is 4.23. The third-order valence-corrected chi connectivity index (χ3v) is 6.65. The van der Waals surface area contributed by atoms with E-state index in [-0.39, 0.29) is 5.56 Å². The van der Waals surface area contributed by atoms with E-state index in [2.05, 4.69) is 46.1 Å². The highest BCUT2D eigenvalue weighted by Gasteiger charge is 2.22. The number of piperazine rings is 1. The number of nitrogens with zero attached hydrogens (tertiary/aromatic N) is 5. The fraction of sp³-hybridized carbons (Fsp3) is 0.522. The molecule has 0 amide bonds. The number of likely N-dealkylation sites (N-methyl/N-ethyl adjacent to an activating group) is 1. The predicted molar refractivity (Wildman–Crippen MR) is 120 cm³/mol. The Labute approximate surface area is 176 Å². The van der Waals surface area contributed by atoms with Crippen LogP contribution in [-0.2, 0) is 0 Å². The molecule has 2 fully saturated rings. The zero-order chi connectivity index (χ0) is 20.7. The average molecular weight is 407 g/mol. The monoisotopic (exact) mass is 406 g/mol. The summed E-state index contributed by atoms with van der Waals surface area (Å²) < 4.78 is 1.94. The number of anilines is 1. The molecule has 5 rings (SSSR count). The predicted octanol–water partition coefficient (Wildman–Crippen LogP) is 3.35. The van der Waals surface area contributed by atoms with Gasteiger partial charge in [0.15, 0.2) is 5.52 Å². The summed E-state index contributed by atoms with van der Waals surface area (Å²) >= 11 is 0. The van der Waals surface area contributed by atoms with E-state index in [1.807, 2.05) is 11.6 Å². The summed E-state index contributed by atoms with van der Waals surface area (Å²) in [6.45, 7) is 6.19. The van der Waals surface area contributed by atoms with Crippen LogP contribution < -0.4 is 10.5 Å². The van der Waals surface area contributed by atoms with Crippen LogP contribution in [0.25, 0.3) is 22.4 Å². The molecule has 0 unspecified atom stereocenters. The minimum Gasteiger partial charge on any atom is -0.369 e. The number of aromatic nitrogens is 4. The van der Waals surface area contributed by atoms with E-state index in [1.165, 1.54) is 24.9 Å². The third kappa shape index (κ3) is 3.51. The van der Waals surface area contributed by atoms with Gasteiger partial charge >= 0.3 is 0 Å². The van der Waals surface area contributed by atoms with Gasteiger partial charge in [-0.15, -0.1) is 0 Å². The van der Waals surface area contributed by atoms with Gasteiger partial charge in [-0.3, -0.25) is 9.48 Å². The summed E-state index contributed by atoms with van der Waals surface area (Å²) in [6.07, 6.45) is 5.86. The molecule has 0 bridgehead atoms.